The minimum Gasteiger partial charge on any atom is -0.468 e. The number of ether oxygens (including phenoxy) is 7. The Morgan fingerprint density at radius 1 is 0.822 bits per heavy atom. The van der Waals surface area contributed by atoms with Crippen LogP contribution < -0.4 is 0 Å². The van der Waals surface area contributed by atoms with Crippen molar-refractivity contribution in [3.63, 3.8) is 0 Å². The number of carbonyl (C=O) groups excluding carboxylic acids is 5. The molecule has 0 fully saturated rings. The highest BCUT2D eigenvalue weighted by Crippen LogP contribution is 2.53. The third-order valence-corrected chi connectivity index (χ3v) is 7.57. The van der Waals surface area contributed by atoms with Gasteiger partial charge in [-0.1, -0.05) is 35.5 Å². The normalized spacial score (nSPS) is 19.8. The predicted molar refractivity (Wildman–Crippen MR) is 161 cm³/mol. The van der Waals surface area contributed by atoms with Gasteiger partial charge in [0.05, 0.1) is 53.8 Å². The first-order chi connectivity index (χ1) is 21.4. The third kappa shape index (κ3) is 8.31. The molecule has 2 atom stereocenters. The van der Waals surface area contributed by atoms with Crippen LogP contribution in [0.3, 0.4) is 0 Å². The minimum atomic E-state index is -1.59. The lowest BCUT2D eigenvalue weighted by atomic mass is 9.63. The average Bonchev–Trinajstić information content (AvgIpc) is 3.04. The van der Waals surface area contributed by atoms with E-state index >= 15 is 0 Å². The smallest absolute Gasteiger partial charge is 0.374 e. The lowest BCUT2D eigenvalue weighted by molar-refractivity contribution is -0.149. The standard InChI is InChI=1S/C33H42O12/c1-19(2)12-10-13-20(3)14-11-16-33(17-15-21(27(34)39-4)22(18-33)28(35)40-5)25-23(29(36)41-6)24(30(37)42-7)26(31(38)43-8)45-32(25)44-9/h12,14-15,17,23H,10-11,13,16,18H2,1-9H3/b20-14+. The first-order valence-corrected chi connectivity index (χ1v) is 14.2. The quantitative estimate of drug-likeness (QED) is 0.162. The van der Waals surface area contributed by atoms with Gasteiger partial charge in [-0.05, 0) is 52.9 Å². The van der Waals surface area contributed by atoms with Crippen molar-refractivity contribution in [2.75, 3.05) is 42.7 Å². The SMILES string of the molecule is COC(=O)C1=C(C(=O)OC)CC(CC/C=C(\C)CCC=C(C)C)(C2=C(OC)OC(C(=O)OC)=C(C(=O)OC)C2C(=O)OC)C=C1. The summed E-state index contributed by atoms with van der Waals surface area (Å²) in [7, 11) is 6.88. The van der Waals surface area contributed by atoms with Crippen molar-refractivity contribution < 1.29 is 57.1 Å². The molecule has 246 valence electrons. The summed E-state index contributed by atoms with van der Waals surface area (Å²) in [6, 6.07) is 0. The van der Waals surface area contributed by atoms with Crippen LogP contribution in [-0.2, 0) is 57.1 Å². The fourth-order valence-corrected chi connectivity index (χ4v) is 5.33. The topological polar surface area (TPSA) is 150 Å². The lowest BCUT2D eigenvalue weighted by Gasteiger charge is -2.41. The van der Waals surface area contributed by atoms with Crippen LogP contribution in [0.15, 0.2) is 69.4 Å². The van der Waals surface area contributed by atoms with E-state index in [0.717, 1.165) is 39.7 Å². The molecule has 0 saturated heterocycles. The Kier molecular flexibility index (Phi) is 13.4. The average molecular weight is 631 g/mol. The molecule has 2 unspecified atom stereocenters. The maximum absolute atomic E-state index is 13.6. The number of methoxy groups -OCH3 is 6. The molecule has 0 N–H and O–H groups in total. The Balaban J connectivity index is 2.90. The molecule has 1 heterocycles. The second-order valence-electron chi connectivity index (χ2n) is 10.6. The first-order valence-electron chi connectivity index (χ1n) is 14.2. The monoisotopic (exact) mass is 630 g/mol. The van der Waals surface area contributed by atoms with E-state index in [1.165, 1.54) is 33.0 Å². The number of rotatable bonds is 13. The van der Waals surface area contributed by atoms with Crippen molar-refractivity contribution in [1.82, 2.24) is 0 Å². The summed E-state index contributed by atoms with van der Waals surface area (Å²) in [5, 5.41) is 0. The van der Waals surface area contributed by atoms with Crippen molar-refractivity contribution in [3.8, 4) is 0 Å². The maximum Gasteiger partial charge on any atom is 0.374 e. The van der Waals surface area contributed by atoms with E-state index in [2.05, 4.69) is 6.08 Å². The molecule has 0 saturated carbocycles. The molecule has 0 radical (unpaired) electrons. The molecule has 0 aromatic heterocycles. The molecule has 0 bridgehead atoms. The Labute approximate surface area is 263 Å². The van der Waals surface area contributed by atoms with Crippen molar-refractivity contribution >= 4 is 29.8 Å². The van der Waals surface area contributed by atoms with Gasteiger partial charge in [0.15, 0.2) is 0 Å². The highest BCUT2D eigenvalue weighted by molar-refractivity contribution is 6.05. The highest BCUT2D eigenvalue weighted by Gasteiger charge is 2.53. The molecule has 0 amide bonds. The molecular formula is C33H42O12. The minimum absolute atomic E-state index is 0.0370. The van der Waals surface area contributed by atoms with E-state index in [4.69, 9.17) is 33.2 Å². The zero-order chi connectivity index (χ0) is 33.9. The Morgan fingerprint density at radius 3 is 1.98 bits per heavy atom. The second kappa shape index (κ2) is 16.5. The molecule has 2 aliphatic rings. The summed E-state index contributed by atoms with van der Waals surface area (Å²) < 4.78 is 36.2. The van der Waals surface area contributed by atoms with Gasteiger partial charge in [-0.15, -0.1) is 0 Å². The van der Waals surface area contributed by atoms with Gasteiger partial charge in [0.2, 0.25) is 5.76 Å². The first kappa shape index (κ1) is 36.6. The van der Waals surface area contributed by atoms with E-state index in [1.54, 1.807) is 6.08 Å². The van der Waals surface area contributed by atoms with E-state index in [0.29, 0.717) is 6.42 Å². The maximum atomic E-state index is 13.6. The van der Waals surface area contributed by atoms with Gasteiger partial charge in [0.25, 0.3) is 5.95 Å². The fraction of sp³-hybridized carbons (Fsp3) is 0.485. The summed E-state index contributed by atoms with van der Waals surface area (Å²) in [5.41, 5.74) is 0.516. The largest absolute Gasteiger partial charge is 0.468 e. The van der Waals surface area contributed by atoms with E-state index in [9.17, 15) is 24.0 Å². The van der Waals surface area contributed by atoms with Crippen molar-refractivity contribution in [2.24, 2.45) is 11.3 Å². The summed E-state index contributed by atoms with van der Waals surface area (Å²) >= 11 is 0. The van der Waals surface area contributed by atoms with Crippen LogP contribution in [-0.4, -0.2) is 72.5 Å². The number of hydrogen-bond acceptors (Lipinski definition) is 12. The van der Waals surface area contributed by atoms with Gasteiger partial charge in [0, 0.05) is 11.0 Å². The molecule has 0 aromatic rings. The van der Waals surface area contributed by atoms with Crippen LogP contribution in [0, 0.1) is 11.3 Å². The van der Waals surface area contributed by atoms with Crippen LogP contribution in [0.5, 0.6) is 0 Å². The summed E-state index contributed by atoms with van der Waals surface area (Å²) in [6.45, 7) is 6.06. The number of hydrogen-bond donors (Lipinski definition) is 0. The van der Waals surface area contributed by atoms with Gasteiger partial charge in [-0.2, -0.15) is 0 Å². The number of allylic oxidation sites excluding steroid dienone is 5. The van der Waals surface area contributed by atoms with Crippen LogP contribution >= 0.6 is 0 Å². The predicted octanol–water partition coefficient (Wildman–Crippen LogP) is 4.33. The van der Waals surface area contributed by atoms with E-state index in [1.807, 2.05) is 26.8 Å². The molecule has 1 aliphatic heterocycles. The van der Waals surface area contributed by atoms with Crippen LogP contribution in [0.1, 0.15) is 52.9 Å². The summed E-state index contributed by atoms with van der Waals surface area (Å²) in [6.07, 6.45) is 9.35. The van der Waals surface area contributed by atoms with Gasteiger partial charge in [-0.3, -0.25) is 4.79 Å². The molecule has 0 aromatic carbocycles. The van der Waals surface area contributed by atoms with Crippen molar-refractivity contribution in [2.45, 2.75) is 52.9 Å². The fourth-order valence-electron chi connectivity index (χ4n) is 5.33. The molecule has 45 heavy (non-hydrogen) atoms. The lowest BCUT2D eigenvalue weighted by Crippen LogP contribution is -2.41. The van der Waals surface area contributed by atoms with E-state index in [-0.39, 0.29) is 35.5 Å². The Bertz CT molecular complexity index is 1380. The summed E-state index contributed by atoms with van der Waals surface area (Å²) in [5.74, 6) is -7.14. The van der Waals surface area contributed by atoms with Gasteiger partial charge >= 0.3 is 29.8 Å². The van der Waals surface area contributed by atoms with E-state index < -0.39 is 52.5 Å². The molecule has 12 nitrogen and oxygen atoms in total. The van der Waals surface area contributed by atoms with Gasteiger partial charge in [-0.25, -0.2) is 19.2 Å². The second-order valence-corrected chi connectivity index (χ2v) is 10.6. The number of esters is 5. The van der Waals surface area contributed by atoms with Crippen LogP contribution in [0.25, 0.3) is 0 Å². The highest BCUT2D eigenvalue weighted by atomic mass is 16.7. The van der Waals surface area contributed by atoms with Gasteiger partial charge < -0.3 is 33.2 Å². The Hall–Kier alpha value is -4.61. The molecule has 1 aliphatic carbocycles. The zero-order valence-electron chi connectivity index (χ0n) is 27.3. The third-order valence-electron chi connectivity index (χ3n) is 7.57. The van der Waals surface area contributed by atoms with Crippen LogP contribution in [0.2, 0.25) is 0 Å². The van der Waals surface area contributed by atoms with Crippen molar-refractivity contribution in [1.29, 1.82) is 0 Å². The Morgan fingerprint density at radius 2 is 1.44 bits per heavy atom. The van der Waals surface area contributed by atoms with Crippen molar-refractivity contribution in [3.05, 3.63) is 69.4 Å². The van der Waals surface area contributed by atoms with Crippen LogP contribution in [0.4, 0.5) is 0 Å². The molecule has 12 heteroatoms. The molecule has 0 spiro atoms. The number of carbonyl (C=O) groups is 5. The summed E-state index contributed by atoms with van der Waals surface area (Å²) in [4.78, 5) is 65.4. The molecule has 2 rings (SSSR count). The van der Waals surface area contributed by atoms with Gasteiger partial charge in [0.1, 0.15) is 11.5 Å². The molecular weight excluding hydrogens is 588 g/mol. The zero-order valence-corrected chi connectivity index (χ0v) is 27.3.